The molecule has 1 amide bonds. The molecular weight excluding hydrogens is 336 g/mol. The fourth-order valence-corrected chi connectivity index (χ4v) is 2.61. The van der Waals surface area contributed by atoms with Crippen LogP contribution in [-0.4, -0.2) is 36.5 Å². The van der Waals surface area contributed by atoms with Gasteiger partial charge in [0.05, 0.1) is 0 Å². The van der Waals surface area contributed by atoms with Gasteiger partial charge in [-0.2, -0.15) is 6.41 Å². The van der Waals surface area contributed by atoms with E-state index in [0.29, 0.717) is 18.0 Å². The average molecular weight is 351 g/mol. The summed E-state index contributed by atoms with van der Waals surface area (Å²) in [7, 11) is 0. The van der Waals surface area contributed by atoms with Gasteiger partial charge in [0, 0.05) is 33.1 Å². The zero-order chi connectivity index (χ0) is 8.55. The topological polar surface area (TPSA) is 32.3 Å². The smallest absolute Gasteiger partial charge is 0.0247 e. The Kier molecular flexibility index (Phi) is 3.93. The summed E-state index contributed by atoms with van der Waals surface area (Å²) < 4.78 is 0. The summed E-state index contributed by atoms with van der Waals surface area (Å²) in [5.74, 6) is 0.700. The molecule has 2 bridgehead atoms. The quantitative estimate of drug-likeness (QED) is 0.567. The minimum atomic E-state index is 0. The molecule has 2 unspecified atom stereocenters. The maximum Gasteiger partial charge on any atom is 0.0247 e. The van der Waals surface area contributed by atoms with E-state index in [-0.39, 0.29) is 21.1 Å². The Morgan fingerprint density at radius 2 is 2.00 bits per heavy atom. The molecule has 0 saturated carbocycles. The van der Waals surface area contributed by atoms with Crippen molar-refractivity contribution in [2.24, 2.45) is 5.92 Å². The largest absolute Gasteiger partial charge is 0.526 e. The third kappa shape index (κ3) is 1.97. The third-order valence-electron chi connectivity index (χ3n) is 3.40. The van der Waals surface area contributed by atoms with Gasteiger partial charge in [-0.1, -0.05) is 0 Å². The molecule has 3 saturated heterocycles. The predicted molar refractivity (Wildman–Crippen MR) is 46.4 cm³/mol. The number of piperidine rings is 3. The summed E-state index contributed by atoms with van der Waals surface area (Å²) in [6, 6.07) is 0.865. The zero-order valence-electron chi connectivity index (χ0n) is 7.82. The van der Waals surface area contributed by atoms with Crippen molar-refractivity contribution in [3.63, 3.8) is 0 Å². The van der Waals surface area contributed by atoms with E-state index < -0.39 is 0 Å². The molecule has 0 aromatic carbocycles. The Bertz CT molecular complexity index is 178. The van der Waals surface area contributed by atoms with Gasteiger partial charge >= 0.3 is 0 Å². The van der Waals surface area contributed by atoms with Crippen molar-refractivity contribution in [3.8, 4) is 0 Å². The van der Waals surface area contributed by atoms with Crippen LogP contribution in [0.15, 0.2) is 0 Å². The second-order valence-corrected chi connectivity index (χ2v) is 3.89. The van der Waals surface area contributed by atoms with Crippen LogP contribution in [0, 0.1) is 5.92 Å². The van der Waals surface area contributed by atoms with Gasteiger partial charge in [-0.15, -0.1) is 0 Å². The molecule has 0 aliphatic carbocycles. The average Bonchev–Trinajstić information content (AvgIpc) is 2.12. The second-order valence-electron chi connectivity index (χ2n) is 3.89. The molecule has 3 heterocycles. The summed E-state index contributed by atoms with van der Waals surface area (Å²) in [5, 5.41) is 2.82. The Hall–Kier alpha value is 0.118. The van der Waals surface area contributed by atoms with E-state index in [1.807, 2.05) is 6.41 Å². The molecule has 3 aliphatic heterocycles. The zero-order valence-corrected chi connectivity index (χ0v) is 10.8. The first-order valence-corrected chi connectivity index (χ1v) is 4.69. The van der Waals surface area contributed by atoms with Gasteiger partial charge in [-0.05, 0) is 38.8 Å². The molecule has 0 aromatic rings. The van der Waals surface area contributed by atoms with Crippen molar-refractivity contribution in [2.45, 2.75) is 31.8 Å². The maximum atomic E-state index is 10.2. The number of amides is 1. The van der Waals surface area contributed by atoms with Crippen molar-refractivity contribution in [1.82, 2.24) is 10.2 Å². The normalized spacial score (nSPS) is 42.2. The number of hydrogen-bond acceptors (Lipinski definition) is 2. The Morgan fingerprint density at radius 3 is 2.46 bits per heavy atom. The van der Waals surface area contributed by atoms with Crippen LogP contribution in [0.3, 0.4) is 0 Å². The summed E-state index contributed by atoms with van der Waals surface area (Å²) in [4.78, 5) is 12.7. The van der Waals surface area contributed by atoms with Crippen LogP contribution in [0.4, 0.5) is 0 Å². The molecule has 0 spiro atoms. The fraction of sp³-hybridized carbons (Fsp3) is 0.889. The van der Waals surface area contributed by atoms with Crippen LogP contribution < -0.4 is 5.32 Å². The van der Waals surface area contributed by atoms with E-state index in [9.17, 15) is 4.79 Å². The van der Waals surface area contributed by atoms with E-state index >= 15 is 0 Å². The van der Waals surface area contributed by atoms with Crippen molar-refractivity contribution in [3.05, 3.63) is 0 Å². The fourth-order valence-electron chi connectivity index (χ4n) is 2.61. The molecule has 3 fully saturated rings. The third-order valence-corrected chi connectivity index (χ3v) is 3.40. The molecule has 2 atom stereocenters. The second kappa shape index (κ2) is 4.56. The number of hydrogen-bond donors (Lipinski definition) is 1. The van der Waals surface area contributed by atoms with Crippen molar-refractivity contribution in [1.29, 1.82) is 0 Å². The summed E-state index contributed by atoms with van der Waals surface area (Å²) in [6.07, 6.45) is 4.31. The van der Waals surface area contributed by atoms with Crippen LogP contribution in [0.1, 0.15) is 19.8 Å². The van der Waals surface area contributed by atoms with Crippen LogP contribution >= 0.6 is 0 Å². The standard InChI is InChI=1S/C9H15N2O.W/c1-7-9(10-6-12)8-2-4-11(7)5-3-8;/h7-9H,2-5H2,1H3,(H,10,12);/q-1;. The van der Waals surface area contributed by atoms with Crippen LogP contribution in [-0.2, 0) is 25.9 Å². The minimum Gasteiger partial charge on any atom is -0.526 e. The number of nitrogens with one attached hydrogen (secondary N) is 1. The molecule has 4 heteroatoms. The van der Waals surface area contributed by atoms with Gasteiger partial charge in [0.1, 0.15) is 0 Å². The minimum absolute atomic E-state index is 0. The van der Waals surface area contributed by atoms with Gasteiger partial charge in [-0.25, -0.2) is 0 Å². The summed E-state index contributed by atoms with van der Waals surface area (Å²) in [6.45, 7) is 4.62. The van der Waals surface area contributed by atoms with E-state index in [1.165, 1.54) is 25.9 Å². The molecule has 1 N–H and O–H groups in total. The molecule has 74 valence electrons. The molecule has 3 rings (SSSR count). The van der Waals surface area contributed by atoms with Gasteiger partial charge in [0.25, 0.3) is 0 Å². The molecule has 3 nitrogen and oxygen atoms in total. The predicted octanol–water partition coefficient (Wildman–Crippen LogP) is 0.123. The number of carbonyl (C=O) groups excluding carboxylic acids is 1. The number of rotatable bonds is 2. The summed E-state index contributed by atoms with van der Waals surface area (Å²) in [5.41, 5.74) is 0. The molecule has 13 heavy (non-hydrogen) atoms. The van der Waals surface area contributed by atoms with E-state index in [0.717, 1.165) is 0 Å². The van der Waals surface area contributed by atoms with Crippen LogP contribution in [0.25, 0.3) is 0 Å². The van der Waals surface area contributed by atoms with E-state index in [4.69, 9.17) is 0 Å². The summed E-state index contributed by atoms with van der Waals surface area (Å²) >= 11 is 0. The van der Waals surface area contributed by atoms with Gasteiger partial charge < -0.3 is 10.1 Å². The first kappa shape index (κ1) is 11.2. The molecule has 0 aromatic heterocycles. The van der Waals surface area contributed by atoms with Crippen LogP contribution in [0.2, 0.25) is 0 Å². The first-order chi connectivity index (χ1) is 5.83. The van der Waals surface area contributed by atoms with Gasteiger partial charge in [-0.3, -0.25) is 4.90 Å². The SMILES string of the molecule is CC1C(N[C-]=O)C2CCN1CC2.[W]. The van der Waals surface area contributed by atoms with Crippen LogP contribution in [0.5, 0.6) is 0 Å². The van der Waals surface area contributed by atoms with E-state index in [2.05, 4.69) is 17.1 Å². The monoisotopic (exact) mass is 351 g/mol. The van der Waals surface area contributed by atoms with Gasteiger partial charge in [0.2, 0.25) is 0 Å². The van der Waals surface area contributed by atoms with E-state index in [1.54, 1.807) is 0 Å². The van der Waals surface area contributed by atoms with Gasteiger partial charge in [0.15, 0.2) is 0 Å². The maximum absolute atomic E-state index is 10.2. The van der Waals surface area contributed by atoms with Crippen molar-refractivity contribution in [2.75, 3.05) is 13.1 Å². The Morgan fingerprint density at radius 1 is 1.38 bits per heavy atom. The van der Waals surface area contributed by atoms with Crippen molar-refractivity contribution < 1.29 is 25.9 Å². The molecule has 0 radical (unpaired) electrons. The Labute approximate surface area is 93.5 Å². The van der Waals surface area contributed by atoms with Crippen molar-refractivity contribution >= 4 is 6.41 Å². The first-order valence-electron chi connectivity index (χ1n) is 4.69. The molecule has 3 aliphatic rings. The number of fused-ring (bicyclic) bond motifs is 3. The number of nitrogens with zero attached hydrogens (tertiary/aromatic N) is 1. The molecular formula is C9H15N2OW-. The Balaban J connectivity index is 0.000000845.